The number of nitrogens with one attached hydrogen (secondary N) is 1. The summed E-state index contributed by atoms with van der Waals surface area (Å²) in [6.45, 7) is 1.77. The molecule has 17 heavy (non-hydrogen) atoms. The van der Waals surface area contributed by atoms with Crippen molar-refractivity contribution >= 4 is 17.5 Å². The summed E-state index contributed by atoms with van der Waals surface area (Å²) in [6.07, 6.45) is 0.483. The van der Waals surface area contributed by atoms with Gasteiger partial charge >= 0.3 is 0 Å². The van der Waals surface area contributed by atoms with Crippen molar-refractivity contribution in [3.63, 3.8) is 0 Å². The van der Waals surface area contributed by atoms with Crippen molar-refractivity contribution in [1.29, 1.82) is 0 Å². The van der Waals surface area contributed by atoms with Crippen LogP contribution < -0.4 is 16.8 Å². The molecule has 1 rings (SSSR count). The van der Waals surface area contributed by atoms with Gasteiger partial charge < -0.3 is 16.8 Å². The lowest BCUT2D eigenvalue weighted by Crippen LogP contribution is -2.23. The summed E-state index contributed by atoms with van der Waals surface area (Å²) in [4.78, 5) is 22.1. The van der Waals surface area contributed by atoms with Crippen LogP contribution in [0.1, 0.15) is 18.9 Å². The number of benzene rings is 1. The van der Waals surface area contributed by atoms with Gasteiger partial charge in [-0.1, -0.05) is 12.1 Å². The Bertz CT molecular complexity index is 399. The second-order valence-electron chi connectivity index (χ2n) is 4.07. The zero-order valence-corrected chi connectivity index (χ0v) is 9.77. The molecule has 1 aromatic rings. The average Bonchev–Trinajstić information content (AvgIpc) is 2.18. The number of hydrogen-bond donors (Lipinski definition) is 3. The number of anilines is 1. The standard InChI is InChI=1S/C12H17N3O2/c1-8(13)6-12(17)15-10-4-2-9(3-5-10)7-11(14)16/h2-5,8H,6-7,13H2,1H3,(H2,14,16)(H,15,17). The Morgan fingerprint density at radius 1 is 1.29 bits per heavy atom. The van der Waals surface area contributed by atoms with Crippen LogP contribution in [-0.4, -0.2) is 17.9 Å². The molecular weight excluding hydrogens is 218 g/mol. The largest absolute Gasteiger partial charge is 0.369 e. The first-order valence-electron chi connectivity index (χ1n) is 5.40. The van der Waals surface area contributed by atoms with E-state index in [1.165, 1.54) is 0 Å². The van der Waals surface area contributed by atoms with Gasteiger partial charge in [0.25, 0.3) is 0 Å². The summed E-state index contributed by atoms with van der Waals surface area (Å²) < 4.78 is 0. The van der Waals surface area contributed by atoms with E-state index >= 15 is 0 Å². The van der Waals surface area contributed by atoms with Crippen molar-refractivity contribution in [3.8, 4) is 0 Å². The molecule has 0 saturated heterocycles. The van der Waals surface area contributed by atoms with Crippen LogP contribution in [-0.2, 0) is 16.0 Å². The maximum Gasteiger partial charge on any atom is 0.225 e. The Morgan fingerprint density at radius 3 is 2.35 bits per heavy atom. The second kappa shape index (κ2) is 6.00. The first-order chi connectivity index (χ1) is 7.97. The van der Waals surface area contributed by atoms with Gasteiger partial charge in [-0.2, -0.15) is 0 Å². The molecule has 0 aliphatic heterocycles. The molecule has 1 aromatic carbocycles. The number of carbonyl (C=O) groups is 2. The Morgan fingerprint density at radius 2 is 1.88 bits per heavy atom. The van der Waals surface area contributed by atoms with Crippen LogP contribution in [0.3, 0.4) is 0 Å². The van der Waals surface area contributed by atoms with Crippen molar-refractivity contribution in [1.82, 2.24) is 0 Å². The first-order valence-corrected chi connectivity index (χ1v) is 5.40. The third kappa shape index (κ3) is 5.12. The minimum Gasteiger partial charge on any atom is -0.369 e. The molecule has 5 nitrogen and oxygen atoms in total. The zero-order valence-electron chi connectivity index (χ0n) is 9.77. The monoisotopic (exact) mass is 235 g/mol. The number of hydrogen-bond acceptors (Lipinski definition) is 3. The Hall–Kier alpha value is -1.88. The lowest BCUT2D eigenvalue weighted by atomic mass is 10.1. The van der Waals surface area contributed by atoms with Crippen LogP contribution in [0.2, 0.25) is 0 Å². The van der Waals surface area contributed by atoms with Gasteiger partial charge in [-0.05, 0) is 24.6 Å². The molecule has 0 saturated carbocycles. The van der Waals surface area contributed by atoms with E-state index in [-0.39, 0.29) is 30.7 Å². The van der Waals surface area contributed by atoms with E-state index in [4.69, 9.17) is 11.5 Å². The molecule has 0 spiro atoms. The predicted molar refractivity (Wildman–Crippen MR) is 66.2 cm³/mol. The fourth-order valence-corrected chi connectivity index (χ4v) is 1.41. The van der Waals surface area contributed by atoms with E-state index in [2.05, 4.69) is 5.32 Å². The maximum absolute atomic E-state index is 11.4. The third-order valence-electron chi connectivity index (χ3n) is 2.12. The summed E-state index contributed by atoms with van der Waals surface area (Å²) in [5.74, 6) is -0.499. The smallest absolute Gasteiger partial charge is 0.225 e. The van der Waals surface area contributed by atoms with Gasteiger partial charge in [-0.15, -0.1) is 0 Å². The van der Waals surface area contributed by atoms with Crippen LogP contribution in [0.5, 0.6) is 0 Å². The average molecular weight is 235 g/mol. The zero-order chi connectivity index (χ0) is 12.8. The highest BCUT2D eigenvalue weighted by Crippen LogP contribution is 2.10. The van der Waals surface area contributed by atoms with Crippen LogP contribution in [0.4, 0.5) is 5.69 Å². The molecule has 0 bridgehead atoms. The minimum absolute atomic E-state index is 0.123. The number of amides is 2. The Kier molecular flexibility index (Phi) is 4.66. The highest BCUT2D eigenvalue weighted by molar-refractivity contribution is 5.91. The van der Waals surface area contributed by atoms with E-state index in [1.807, 2.05) is 0 Å². The van der Waals surface area contributed by atoms with Gasteiger partial charge in [0, 0.05) is 18.2 Å². The van der Waals surface area contributed by atoms with Crippen molar-refractivity contribution in [2.75, 3.05) is 5.32 Å². The van der Waals surface area contributed by atoms with Gasteiger partial charge in [0.05, 0.1) is 6.42 Å². The molecule has 0 aliphatic carbocycles. The van der Waals surface area contributed by atoms with Gasteiger partial charge in [-0.3, -0.25) is 9.59 Å². The summed E-state index contributed by atoms with van der Waals surface area (Å²) >= 11 is 0. The van der Waals surface area contributed by atoms with Gasteiger partial charge in [0.2, 0.25) is 11.8 Å². The normalized spacial score (nSPS) is 11.9. The van der Waals surface area contributed by atoms with Gasteiger partial charge in [-0.25, -0.2) is 0 Å². The molecule has 0 aromatic heterocycles. The molecule has 5 N–H and O–H groups in total. The molecule has 5 heteroatoms. The van der Waals surface area contributed by atoms with Crippen molar-refractivity contribution in [3.05, 3.63) is 29.8 Å². The molecular formula is C12H17N3O2. The highest BCUT2D eigenvalue weighted by Gasteiger charge is 2.05. The lowest BCUT2D eigenvalue weighted by molar-refractivity contribution is -0.117. The molecule has 1 unspecified atom stereocenters. The molecule has 0 heterocycles. The van der Waals surface area contributed by atoms with E-state index in [0.29, 0.717) is 5.69 Å². The van der Waals surface area contributed by atoms with Gasteiger partial charge in [0.1, 0.15) is 0 Å². The Balaban J connectivity index is 2.56. The van der Waals surface area contributed by atoms with E-state index in [0.717, 1.165) is 5.56 Å². The molecule has 0 fully saturated rings. The molecule has 2 amide bonds. The van der Waals surface area contributed by atoms with Gasteiger partial charge in [0.15, 0.2) is 0 Å². The Labute approximate surface area is 100 Å². The maximum atomic E-state index is 11.4. The fraction of sp³-hybridized carbons (Fsp3) is 0.333. The summed E-state index contributed by atoms with van der Waals surface area (Å²) in [7, 11) is 0. The van der Waals surface area contributed by atoms with E-state index < -0.39 is 0 Å². The van der Waals surface area contributed by atoms with E-state index in [1.54, 1.807) is 31.2 Å². The van der Waals surface area contributed by atoms with Crippen molar-refractivity contribution in [2.45, 2.75) is 25.8 Å². The summed E-state index contributed by atoms with van der Waals surface area (Å²) in [5, 5.41) is 2.72. The molecule has 92 valence electrons. The van der Waals surface area contributed by atoms with E-state index in [9.17, 15) is 9.59 Å². The summed E-state index contributed by atoms with van der Waals surface area (Å²) in [6, 6.07) is 6.82. The third-order valence-corrected chi connectivity index (χ3v) is 2.12. The number of rotatable bonds is 5. The van der Waals surface area contributed by atoms with Crippen molar-refractivity contribution < 1.29 is 9.59 Å². The number of carbonyl (C=O) groups excluding carboxylic acids is 2. The highest BCUT2D eigenvalue weighted by atomic mass is 16.1. The lowest BCUT2D eigenvalue weighted by Gasteiger charge is -2.07. The summed E-state index contributed by atoms with van der Waals surface area (Å²) in [5.41, 5.74) is 12.1. The second-order valence-corrected chi connectivity index (χ2v) is 4.07. The van der Waals surface area contributed by atoms with Crippen LogP contribution >= 0.6 is 0 Å². The van der Waals surface area contributed by atoms with Crippen molar-refractivity contribution in [2.24, 2.45) is 11.5 Å². The molecule has 0 radical (unpaired) electrons. The SMILES string of the molecule is CC(N)CC(=O)Nc1ccc(CC(N)=O)cc1. The van der Waals surface area contributed by atoms with Crippen LogP contribution in [0.25, 0.3) is 0 Å². The fourth-order valence-electron chi connectivity index (χ4n) is 1.41. The molecule has 0 aliphatic rings. The number of nitrogens with two attached hydrogens (primary N) is 2. The van der Waals surface area contributed by atoms with Crippen LogP contribution in [0, 0.1) is 0 Å². The topological polar surface area (TPSA) is 98.2 Å². The quantitative estimate of drug-likeness (QED) is 0.688. The first kappa shape index (κ1) is 13.2. The predicted octanol–water partition coefficient (Wildman–Crippen LogP) is 0.390. The number of primary amides is 1. The van der Waals surface area contributed by atoms with Crippen LogP contribution in [0.15, 0.2) is 24.3 Å². The molecule has 1 atom stereocenters. The minimum atomic E-state index is -0.376.